The Morgan fingerprint density at radius 3 is 3.13 bits per heavy atom. The number of nitrogens with zero attached hydrogens (tertiary/aromatic N) is 1. The smallest absolute Gasteiger partial charge is 0.234 e. The average molecular weight is 209 g/mol. The van der Waals surface area contributed by atoms with Crippen LogP contribution >= 0.6 is 0 Å². The molecule has 15 heavy (non-hydrogen) atoms. The molecule has 0 bridgehead atoms. The number of piperazine rings is 1. The van der Waals surface area contributed by atoms with Crippen molar-refractivity contribution >= 4 is 5.91 Å². The predicted octanol–water partition coefficient (Wildman–Crippen LogP) is -0.330. The average Bonchev–Trinajstić information content (AvgIpc) is 2.65. The van der Waals surface area contributed by atoms with Crippen LogP contribution in [0, 0.1) is 0 Å². The summed E-state index contributed by atoms with van der Waals surface area (Å²) in [7, 11) is 0. The van der Waals surface area contributed by atoms with E-state index in [-0.39, 0.29) is 5.91 Å². The maximum absolute atomic E-state index is 11.1. The van der Waals surface area contributed by atoms with E-state index in [2.05, 4.69) is 10.2 Å². The molecule has 2 heterocycles. The maximum Gasteiger partial charge on any atom is 0.234 e. The maximum atomic E-state index is 11.1. The van der Waals surface area contributed by atoms with Crippen molar-refractivity contribution in [1.82, 2.24) is 10.2 Å². The number of hydrogen-bond donors (Lipinski definition) is 2. The fraction of sp³-hybridized carbons (Fsp3) is 0.500. The minimum absolute atomic E-state index is 0.0758. The number of carbonyl (C=O) groups excluding carboxylic acids is 1. The summed E-state index contributed by atoms with van der Waals surface area (Å²) in [6, 6.07) is 1.94. The molecule has 82 valence electrons. The molecule has 0 saturated carbocycles. The van der Waals surface area contributed by atoms with Crippen LogP contribution in [0.1, 0.15) is 11.3 Å². The Hall–Kier alpha value is -1.33. The lowest BCUT2D eigenvalue weighted by atomic mass is 10.3. The van der Waals surface area contributed by atoms with E-state index in [1.54, 1.807) is 6.26 Å². The van der Waals surface area contributed by atoms with Gasteiger partial charge in [0.05, 0.1) is 19.4 Å². The largest absolute Gasteiger partial charge is 0.468 e. The van der Waals surface area contributed by atoms with E-state index in [1.807, 2.05) is 6.07 Å². The van der Waals surface area contributed by atoms with E-state index in [1.165, 1.54) is 0 Å². The predicted molar refractivity (Wildman–Crippen MR) is 54.9 cm³/mol. The number of carbonyl (C=O) groups is 1. The Morgan fingerprint density at radius 2 is 2.47 bits per heavy atom. The van der Waals surface area contributed by atoms with Crippen molar-refractivity contribution in [2.45, 2.75) is 13.1 Å². The monoisotopic (exact) mass is 209 g/mol. The normalized spacial score (nSPS) is 17.8. The first-order chi connectivity index (χ1) is 7.28. The molecule has 1 aliphatic rings. The van der Waals surface area contributed by atoms with Crippen LogP contribution in [0.25, 0.3) is 0 Å². The Bertz CT molecular complexity index is 348. The Balaban J connectivity index is 1.93. The van der Waals surface area contributed by atoms with Crippen LogP contribution in [0.4, 0.5) is 0 Å². The van der Waals surface area contributed by atoms with Crippen molar-refractivity contribution in [2.24, 2.45) is 5.73 Å². The lowest BCUT2D eigenvalue weighted by molar-refractivity contribution is -0.124. The molecule has 0 aliphatic carbocycles. The van der Waals surface area contributed by atoms with Gasteiger partial charge in [0.2, 0.25) is 5.91 Å². The number of hydrogen-bond acceptors (Lipinski definition) is 4. The second kappa shape index (κ2) is 4.46. The van der Waals surface area contributed by atoms with Crippen LogP contribution in [0.3, 0.4) is 0 Å². The van der Waals surface area contributed by atoms with Gasteiger partial charge in [-0.3, -0.25) is 9.69 Å². The first-order valence-corrected chi connectivity index (χ1v) is 5.03. The molecule has 0 radical (unpaired) electrons. The molecule has 5 heteroatoms. The van der Waals surface area contributed by atoms with Gasteiger partial charge in [0.25, 0.3) is 0 Å². The summed E-state index contributed by atoms with van der Waals surface area (Å²) in [5.74, 6) is 0.942. The SMILES string of the molecule is NCc1coc(CN2CCNC(=O)C2)c1. The Labute approximate surface area is 88.2 Å². The molecular weight excluding hydrogens is 194 g/mol. The number of furan rings is 1. The van der Waals surface area contributed by atoms with Crippen molar-refractivity contribution in [3.8, 4) is 0 Å². The summed E-state index contributed by atoms with van der Waals surface area (Å²) in [6.45, 7) is 3.18. The molecule has 3 N–H and O–H groups in total. The molecule has 0 aromatic carbocycles. The van der Waals surface area contributed by atoms with E-state index < -0.39 is 0 Å². The minimum atomic E-state index is 0.0758. The molecule has 1 amide bonds. The summed E-state index contributed by atoms with van der Waals surface area (Å²) in [4.78, 5) is 13.2. The van der Waals surface area contributed by atoms with Gasteiger partial charge >= 0.3 is 0 Å². The molecule has 1 aromatic heterocycles. The minimum Gasteiger partial charge on any atom is -0.468 e. The number of amides is 1. The molecule has 1 saturated heterocycles. The van der Waals surface area contributed by atoms with E-state index in [0.29, 0.717) is 26.2 Å². The highest BCUT2D eigenvalue weighted by atomic mass is 16.3. The molecule has 0 atom stereocenters. The van der Waals surface area contributed by atoms with E-state index in [9.17, 15) is 4.79 Å². The molecule has 2 rings (SSSR count). The third kappa shape index (κ3) is 2.57. The van der Waals surface area contributed by atoms with Gasteiger partial charge in [-0.05, 0) is 6.07 Å². The summed E-state index contributed by atoms with van der Waals surface area (Å²) in [5.41, 5.74) is 6.47. The number of nitrogens with one attached hydrogen (secondary N) is 1. The highest BCUT2D eigenvalue weighted by molar-refractivity contribution is 5.78. The summed E-state index contributed by atoms with van der Waals surface area (Å²) < 4.78 is 5.34. The van der Waals surface area contributed by atoms with Gasteiger partial charge in [-0.25, -0.2) is 0 Å². The van der Waals surface area contributed by atoms with Crippen molar-refractivity contribution < 1.29 is 9.21 Å². The standard InChI is InChI=1S/C10H15N3O2/c11-4-8-3-9(15-7-8)5-13-2-1-12-10(14)6-13/h3,7H,1-2,4-6,11H2,(H,12,14). The Kier molecular flexibility index (Phi) is 3.03. The molecule has 1 aliphatic heterocycles. The van der Waals surface area contributed by atoms with Gasteiger partial charge in [0.15, 0.2) is 0 Å². The van der Waals surface area contributed by atoms with Crippen molar-refractivity contribution in [1.29, 1.82) is 0 Å². The molecule has 5 nitrogen and oxygen atoms in total. The first-order valence-electron chi connectivity index (χ1n) is 5.03. The van der Waals surface area contributed by atoms with Gasteiger partial charge in [-0.15, -0.1) is 0 Å². The van der Waals surface area contributed by atoms with Crippen LogP contribution in [-0.2, 0) is 17.9 Å². The Morgan fingerprint density at radius 1 is 1.60 bits per heavy atom. The van der Waals surface area contributed by atoms with Gasteiger partial charge in [-0.1, -0.05) is 0 Å². The zero-order valence-electron chi connectivity index (χ0n) is 8.53. The molecule has 1 fully saturated rings. The molecule has 0 unspecified atom stereocenters. The van der Waals surface area contributed by atoms with Crippen LogP contribution in [0.5, 0.6) is 0 Å². The third-order valence-corrected chi connectivity index (χ3v) is 2.44. The molecule has 0 spiro atoms. The zero-order chi connectivity index (χ0) is 10.7. The van der Waals surface area contributed by atoms with Crippen molar-refractivity contribution in [3.63, 3.8) is 0 Å². The summed E-state index contributed by atoms with van der Waals surface area (Å²) in [6.07, 6.45) is 1.67. The van der Waals surface area contributed by atoms with Gasteiger partial charge < -0.3 is 15.5 Å². The van der Waals surface area contributed by atoms with Crippen molar-refractivity contribution in [2.75, 3.05) is 19.6 Å². The van der Waals surface area contributed by atoms with E-state index in [4.69, 9.17) is 10.2 Å². The quantitative estimate of drug-likeness (QED) is 0.715. The highest BCUT2D eigenvalue weighted by Crippen LogP contribution is 2.10. The topological polar surface area (TPSA) is 71.5 Å². The fourth-order valence-corrected chi connectivity index (χ4v) is 1.66. The fourth-order valence-electron chi connectivity index (χ4n) is 1.66. The second-order valence-electron chi connectivity index (χ2n) is 3.69. The number of nitrogens with two attached hydrogens (primary N) is 1. The highest BCUT2D eigenvalue weighted by Gasteiger charge is 2.17. The van der Waals surface area contributed by atoms with Crippen molar-refractivity contribution in [3.05, 3.63) is 23.7 Å². The van der Waals surface area contributed by atoms with E-state index >= 15 is 0 Å². The summed E-state index contributed by atoms with van der Waals surface area (Å²) in [5, 5.41) is 2.78. The first kappa shape index (κ1) is 10.2. The van der Waals surface area contributed by atoms with Crippen LogP contribution in [0.15, 0.2) is 16.7 Å². The van der Waals surface area contributed by atoms with Gasteiger partial charge in [0, 0.05) is 25.2 Å². The third-order valence-electron chi connectivity index (χ3n) is 2.44. The van der Waals surface area contributed by atoms with Crippen LogP contribution < -0.4 is 11.1 Å². The van der Waals surface area contributed by atoms with Crippen LogP contribution in [0.2, 0.25) is 0 Å². The van der Waals surface area contributed by atoms with Crippen LogP contribution in [-0.4, -0.2) is 30.4 Å². The van der Waals surface area contributed by atoms with E-state index in [0.717, 1.165) is 17.9 Å². The van der Waals surface area contributed by atoms with Gasteiger partial charge in [0.1, 0.15) is 5.76 Å². The summed E-state index contributed by atoms with van der Waals surface area (Å²) >= 11 is 0. The number of rotatable bonds is 3. The van der Waals surface area contributed by atoms with Gasteiger partial charge in [-0.2, -0.15) is 0 Å². The molecular formula is C10H15N3O2. The second-order valence-corrected chi connectivity index (χ2v) is 3.69. The molecule has 1 aromatic rings. The lowest BCUT2D eigenvalue weighted by Crippen LogP contribution is -2.47. The zero-order valence-corrected chi connectivity index (χ0v) is 8.53. The lowest BCUT2D eigenvalue weighted by Gasteiger charge is -2.25.